The molecule has 0 radical (unpaired) electrons. The van der Waals surface area contributed by atoms with E-state index in [0.29, 0.717) is 36.8 Å². The summed E-state index contributed by atoms with van der Waals surface area (Å²) in [6, 6.07) is 18.5. The molecule has 2 amide bonds. The third-order valence-electron chi connectivity index (χ3n) is 11.3. The molecule has 0 unspecified atom stereocenters. The molecule has 0 atom stereocenters. The fraction of sp³-hybridized carbons (Fsp3) is 0.590. The predicted molar refractivity (Wildman–Crippen MR) is 183 cm³/mol. The van der Waals surface area contributed by atoms with Crippen molar-refractivity contribution in [1.82, 2.24) is 9.80 Å². The van der Waals surface area contributed by atoms with Crippen molar-refractivity contribution >= 4 is 23.8 Å². The fourth-order valence-electron chi connectivity index (χ4n) is 11.0. The lowest BCUT2D eigenvalue weighted by Crippen LogP contribution is -2.73. The first-order valence-electron chi connectivity index (χ1n) is 16.8. The summed E-state index contributed by atoms with van der Waals surface area (Å²) in [7, 11) is 0. The van der Waals surface area contributed by atoms with Crippen LogP contribution in [0.25, 0.3) is 0 Å². The molecule has 2 fully saturated rings. The van der Waals surface area contributed by atoms with Gasteiger partial charge in [-0.3, -0.25) is 19.2 Å². The number of amides is 2. The predicted octanol–water partition coefficient (Wildman–Crippen LogP) is 6.95. The molecule has 47 heavy (non-hydrogen) atoms. The Bertz CT molecular complexity index is 1410. The summed E-state index contributed by atoms with van der Waals surface area (Å²) < 4.78 is 0. The van der Waals surface area contributed by atoms with E-state index in [9.17, 15) is 29.4 Å². The monoisotopic (exact) mass is 646 g/mol. The summed E-state index contributed by atoms with van der Waals surface area (Å²) in [6.45, 7) is 19.2. The van der Waals surface area contributed by atoms with E-state index in [2.05, 4.69) is 0 Å². The van der Waals surface area contributed by atoms with Crippen LogP contribution in [-0.4, -0.2) is 65.9 Å². The number of rotatable bonds is 8. The minimum atomic E-state index is -2.31. The number of piperidine rings is 2. The van der Waals surface area contributed by atoms with Crippen LogP contribution in [0.3, 0.4) is 0 Å². The normalized spacial score (nSPS) is 21.2. The molecular weight excluding hydrogens is 592 g/mol. The van der Waals surface area contributed by atoms with E-state index in [0.717, 1.165) is 0 Å². The number of likely N-dealkylation sites (tertiary alicyclic amines) is 2. The van der Waals surface area contributed by atoms with Crippen molar-refractivity contribution < 1.29 is 29.4 Å². The van der Waals surface area contributed by atoms with Gasteiger partial charge in [-0.05, 0) is 104 Å². The maximum Gasteiger partial charge on any atom is 0.322 e. The van der Waals surface area contributed by atoms with Crippen LogP contribution in [-0.2, 0) is 31.0 Å². The number of aliphatic carboxylic acids is 2. The van der Waals surface area contributed by atoms with Crippen LogP contribution in [0.5, 0.6) is 0 Å². The average Bonchev–Trinajstić information content (AvgIpc) is 2.90. The topological polar surface area (TPSA) is 115 Å². The quantitative estimate of drug-likeness (QED) is 0.300. The molecule has 0 bridgehead atoms. The van der Waals surface area contributed by atoms with Crippen molar-refractivity contribution in [3.05, 3.63) is 71.8 Å². The Morgan fingerprint density at radius 3 is 1.23 bits per heavy atom. The molecule has 8 nitrogen and oxygen atoms in total. The number of carboxylic acids is 2. The number of carboxylic acid groups (broad SMARTS) is 2. The van der Waals surface area contributed by atoms with Crippen LogP contribution in [0.1, 0.15) is 106 Å². The minimum Gasteiger partial charge on any atom is -0.480 e. The van der Waals surface area contributed by atoms with Crippen LogP contribution in [0.4, 0.5) is 0 Å². The zero-order chi connectivity index (χ0) is 35.4. The van der Waals surface area contributed by atoms with Crippen molar-refractivity contribution in [3.63, 3.8) is 0 Å². The highest BCUT2D eigenvalue weighted by molar-refractivity contribution is 6.01. The molecule has 0 saturated carbocycles. The number of hydrogen-bond acceptors (Lipinski definition) is 4. The van der Waals surface area contributed by atoms with Gasteiger partial charge >= 0.3 is 11.9 Å². The Labute approximate surface area is 280 Å². The van der Waals surface area contributed by atoms with Crippen LogP contribution in [0.2, 0.25) is 0 Å². The van der Waals surface area contributed by atoms with Crippen molar-refractivity contribution in [2.45, 2.75) is 129 Å². The molecule has 2 N–H and O–H groups in total. The molecule has 2 heterocycles. The van der Waals surface area contributed by atoms with E-state index >= 15 is 0 Å². The molecule has 256 valence electrons. The van der Waals surface area contributed by atoms with Crippen molar-refractivity contribution in [2.24, 2.45) is 17.3 Å². The Kier molecular flexibility index (Phi) is 9.30. The van der Waals surface area contributed by atoms with Crippen molar-refractivity contribution in [1.29, 1.82) is 0 Å². The summed E-state index contributed by atoms with van der Waals surface area (Å²) in [5.41, 5.74) is -5.31. The summed E-state index contributed by atoms with van der Waals surface area (Å²) in [4.78, 5) is 58.6. The number of carbonyl (C=O) groups excluding carboxylic acids is 2. The van der Waals surface area contributed by atoms with E-state index in [1.807, 2.05) is 114 Å². The average molecular weight is 647 g/mol. The van der Waals surface area contributed by atoms with Crippen molar-refractivity contribution in [2.75, 3.05) is 0 Å². The number of hydrogen-bond donors (Lipinski definition) is 2. The van der Waals surface area contributed by atoms with Gasteiger partial charge in [0.25, 0.3) is 0 Å². The molecule has 8 heteroatoms. The zero-order valence-corrected chi connectivity index (χ0v) is 29.9. The van der Waals surface area contributed by atoms with Gasteiger partial charge < -0.3 is 20.0 Å². The molecule has 0 spiro atoms. The van der Waals surface area contributed by atoms with E-state index in [1.165, 1.54) is 0 Å². The van der Waals surface area contributed by atoms with Crippen LogP contribution < -0.4 is 0 Å². The molecular formula is C39H54N2O6. The minimum absolute atomic E-state index is 0.0761. The largest absolute Gasteiger partial charge is 0.480 e. The van der Waals surface area contributed by atoms with Gasteiger partial charge in [-0.2, -0.15) is 0 Å². The van der Waals surface area contributed by atoms with Gasteiger partial charge in [0.2, 0.25) is 11.8 Å². The van der Waals surface area contributed by atoms with Crippen LogP contribution in [0, 0.1) is 17.3 Å². The highest BCUT2D eigenvalue weighted by Crippen LogP contribution is 2.64. The molecule has 4 rings (SSSR count). The Morgan fingerprint density at radius 2 is 0.936 bits per heavy atom. The Hall–Kier alpha value is -3.68. The second kappa shape index (κ2) is 12.1. The van der Waals surface area contributed by atoms with Crippen LogP contribution in [0.15, 0.2) is 60.7 Å². The van der Waals surface area contributed by atoms with E-state index in [1.54, 1.807) is 26.0 Å². The maximum atomic E-state index is 14.3. The summed E-state index contributed by atoms with van der Waals surface area (Å²) in [6.07, 6.45) is 1.37. The van der Waals surface area contributed by atoms with E-state index in [4.69, 9.17) is 0 Å². The molecule has 0 aliphatic carbocycles. The SMILES string of the molecule is CC(=O)N1C(C)(C)CC(C(c2ccccc2)(C2CC(C)(C)N(C(C)=O)C(C)(C)C2)C(Cc2ccccc2)(C(=O)O)C(=O)O)CC1(C)C. The third-order valence-corrected chi connectivity index (χ3v) is 11.3. The lowest BCUT2D eigenvalue weighted by Gasteiger charge is -2.66. The smallest absolute Gasteiger partial charge is 0.322 e. The maximum absolute atomic E-state index is 14.3. The number of nitrogens with zero attached hydrogens (tertiary/aromatic N) is 2. The van der Waals surface area contributed by atoms with Gasteiger partial charge in [0, 0.05) is 47.8 Å². The molecule has 0 aromatic heterocycles. The van der Waals surface area contributed by atoms with Gasteiger partial charge in [0.15, 0.2) is 5.41 Å². The molecule has 2 aliphatic rings. The van der Waals surface area contributed by atoms with Gasteiger partial charge in [-0.25, -0.2) is 0 Å². The van der Waals surface area contributed by atoms with E-state index < -0.39 is 56.8 Å². The Morgan fingerprint density at radius 1 is 0.617 bits per heavy atom. The lowest BCUT2D eigenvalue weighted by atomic mass is 9.42. The first kappa shape index (κ1) is 36.2. The summed E-state index contributed by atoms with van der Waals surface area (Å²) >= 11 is 0. The van der Waals surface area contributed by atoms with Crippen molar-refractivity contribution in [3.8, 4) is 0 Å². The van der Waals surface area contributed by atoms with Gasteiger partial charge in [-0.15, -0.1) is 0 Å². The summed E-state index contributed by atoms with van der Waals surface area (Å²) in [5.74, 6) is -3.86. The third kappa shape index (κ3) is 5.86. The Balaban J connectivity index is 2.21. The van der Waals surface area contributed by atoms with Crippen LogP contribution >= 0.6 is 0 Å². The molecule has 2 aromatic carbocycles. The molecule has 2 aromatic rings. The standard InChI is InChI=1S/C39H54N2O6/c1-26(42)40-34(3,4)22-30(23-35(40,5)6)39(29-19-15-12-16-20-29,31-24-36(7,8)41(27(2)43)37(9,10)25-31)38(32(44)45,33(46)47)21-28-17-13-11-14-18-28/h11-20,30-31H,21-25H2,1-10H3,(H,44,45)(H,46,47). The number of benzene rings is 2. The summed E-state index contributed by atoms with van der Waals surface area (Å²) in [5, 5.41) is 23.2. The lowest BCUT2D eigenvalue weighted by molar-refractivity contribution is -0.193. The first-order valence-corrected chi connectivity index (χ1v) is 16.8. The highest BCUT2D eigenvalue weighted by atomic mass is 16.4. The van der Waals surface area contributed by atoms with Gasteiger partial charge in [0.05, 0.1) is 0 Å². The second-order valence-corrected chi connectivity index (χ2v) is 16.6. The number of carbonyl (C=O) groups is 4. The zero-order valence-electron chi connectivity index (χ0n) is 29.9. The van der Waals surface area contributed by atoms with E-state index in [-0.39, 0.29) is 18.2 Å². The highest BCUT2D eigenvalue weighted by Gasteiger charge is 2.72. The van der Waals surface area contributed by atoms with Gasteiger partial charge in [-0.1, -0.05) is 60.7 Å². The van der Waals surface area contributed by atoms with Gasteiger partial charge in [0.1, 0.15) is 0 Å². The second-order valence-electron chi connectivity index (χ2n) is 16.6. The fourth-order valence-corrected chi connectivity index (χ4v) is 11.0. The molecule has 2 saturated heterocycles. The first-order chi connectivity index (χ1) is 21.6. The molecule has 2 aliphatic heterocycles.